The average Bonchev–Trinajstić information content (AvgIpc) is 2.52. The van der Waals surface area contributed by atoms with E-state index in [1.54, 1.807) is 0 Å². The van der Waals surface area contributed by atoms with Crippen molar-refractivity contribution in [3.05, 3.63) is 0 Å². The van der Waals surface area contributed by atoms with Gasteiger partial charge in [-0.15, -0.1) is 0 Å². The number of carboxylic acids is 1. The van der Waals surface area contributed by atoms with Gasteiger partial charge in [-0.05, 0) is 18.3 Å². The van der Waals surface area contributed by atoms with Gasteiger partial charge in [-0.25, -0.2) is 4.57 Å². The van der Waals surface area contributed by atoms with Crippen molar-refractivity contribution >= 4 is 14.7 Å². The number of aliphatic carboxylic acids is 1. The van der Waals surface area contributed by atoms with Crippen LogP contribution in [-0.4, -0.2) is 23.7 Å². The standard InChI is InChI=1S/C16H30NO4P/c1-2-3-5-10-14(17)15(12-8-6-4-7-9-12)13(16(18)19)11-21-22-20/h12-15H,2-11,17H2,1H3,(H,18,19). The lowest BCUT2D eigenvalue weighted by Gasteiger charge is -2.37. The molecule has 1 saturated carbocycles. The molecule has 3 unspecified atom stereocenters. The fourth-order valence-corrected chi connectivity index (χ4v) is 4.00. The van der Waals surface area contributed by atoms with Gasteiger partial charge in [0.1, 0.15) is 0 Å². The molecule has 3 N–H and O–H groups in total. The Balaban J connectivity index is 2.81. The first-order valence-electron chi connectivity index (χ1n) is 8.54. The van der Waals surface area contributed by atoms with Crippen molar-refractivity contribution in [2.24, 2.45) is 23.5 Å². The van der Waals surface area contributed by atoms with Crippen molar-refractivity contribution in [3.63, 3.8) is 0 Å². The number of nitrogens with two attached hydrogens (primary N) is 1. The summed E-state index contributed by atoms with van der Waals surface area (Å²) in [4.78, 5) is 11.7. The van der Waals surface area contributed by atoms with Crippen LogP contribution in [0.25, 0.3) is 0 Å². The summed E-state index contributed by atoms with van der Waals surface area (Å²) in [6, 6.07) is -0.123. The molecule has 0 aliphatic heterocycles. The van der Waals surface area contributed by atoms with Crippen LogP contribution >= 0.6 is 8.69 Å². The number of unbranched alkanes of at least 4 members (excludes halogenated alkanes) is 2. The van der Waals surface area contributed by atoms with Crippen molar-refractivity contribution in [2.75, 3.05) is 6.61 Å². The second-order valence-electron chi connectivity index (χ2n) is 6.45. The Bertz CT molecular complexity index is 334. The predicted molar refractivity (Wildman–Crippen MR) is 86.9 cm³/mol. The van der Waals surface area contributed by atoms with Gasteiger partial charge < -0.3 is 10.8 Å². The van der Waals surface area contributed by atoms with E-state index in [1.807, 2.05) is 0 Å². The molecule has 0 aromatic heterocycles. The highest BCUT2D eigenvalue weighted by molar-refractivity contribution is 7.17. The summed E-state index contributed by atoms with van der Waals surface area (Å²) in [6.45, 7) is 2.12. The number of carbonyl (C=O) groups is 1. The number of rotatable bonds is 11. The largest absolute Gasteiger partial charge is 0.481 e. The molecule has 0 aromatic carbocycles. The summed E-state index contributed by atoms with van der Waals surface area (Å²) in [5.41, 5.74) is 6.40. The second-order valence-corrected chi connectivity index (χ2v) is 6.86. The molecule has 0 heterocycles. The van der Waals surface area contributed by atoms with Crippen LogP contribution in [0.5, 0.6) is 0 Å². The van der Waals surface area contributed by atoms with Gasteiger partial charge in [0, 0.05) is 6.04 Å². The SMILES string of the molecule is CCCCCC(N)C(C1CCCCC1)C(COP=O)C(=O)O. The van der Waals surface area contributed by atoms with E-state index in [0.717, 1.165) is 51.4 Å². The topological polar surface area (TPSA) is 89.6 Å². The number of hydrogen-bond donors (Lipinski definition) is 2. The summed E-state index contributed by atoms with van der Waals surface area (Å²) in [6.07, 6.45) is 9.76. The highest BCUT2D eigenvalue weighted by atomic mass is 31.1. The van der Waals surface area contributed by atoms with Crippen molar-refractivity contribution in [1.29, 1.82) is 0 Å². The van der Waals surface area contributed by atoms with Crippen LogP contribution in [0.2, 0.25) is 0 Å². The van der Waals surface area contributed by atoms with Gasteiger partial charge in [-0.2, -0.15) is 0 Å². The minimum absolute atomic E-state index is 0.0248. The Kier molecular flexibility index (Phi) is 9.85. The van der Waals surface area contributed by atoms with E-state index in [0.29, 0.717) is 5.92 Å². The molecule has 0 saturated heterocycles. The Morgan fingerprint density at radius 2 is 2.00 bits per heavy atom. The van der Waals surface area contributed by atoms with Gasteiger partial charge in [0.25, 0.3) is 0 Å². The van der Waals surface area contributed by atoms with E-state index in [9.17, 15) is 14.5 Å². The molecule has 6 heteroatoms. The van der Waals surface area contributed by atoms with E-state index in [4.69, 9.17) is 10.3 Å². The van der Waals surface area contributed by atoms with Crippen LogP contribution in [-0.2, 0) is 13.9 Å². The predicted octanol–water partition coefficient (Wildman–Crippen LogP) is 4.01. The first-order chi connectivity index (χ1) is 10.6. The summed E-state index contributed by atoms with van der Waals surface area (Å²) < 4.78 is 15.4. The lowest BCUT2D eigenvalue weighted by atomic mass is 9.70. The van der Waals surface area contributed by atoms with Gasteiger partial charge in [0.05, 0.1) is 12.5 Å². The van der Waals surface area contributed by atoms with E-state index < -0.39 is 20.6 Å². The van der Waals surface area contributed by atoms with Crippen LogP contribution < -0.4 is 5.73 Å². The molecule has 1 fully saturated rings. The van der Waals surface area contributed by atoms with Crippen LogP contribution in [0, 0.1) is 17.8 Å². The summed E-state index contributed by atoms with van der Waals surface area (Å²) in [5, 5.41) is 9.58. The van der Waals surface area contributed by atoms with Crippen LogP contribution in [0.4, 0.5) is 0 Å². The smallest absolute Gasteiger partial charge is 0.327 e. The average molecular weight is 331 g/mol. The molecular formula is C16H30NO4P. The summed E-state index contributed by atoms with van der Waals surface area (Å²) in [7, 11) is -0.462. The monoisotopic (exact) mass is 331 g/mol. The molecule has 128 valence electrons. The first kappa shape index (κ1) is 19.5. The van der Waals surface area contributed by atoms with Crippen molar-refractivity contribution in [1.82, 2.24) is 0 Å². The molecular weight excluding hydrogens is 301 g/mol. The number of carboxylic acid groups (broad SMARTS) is 1. The minimum Gasteiger partial charge on any atom is -0.481 e. The van der Waals surface area contributed by atoms with Crippen molar-refractivity contribution in [3.8, 4) is 0 Å². The fourth-order valence-electron chi connectivity index (χ4n) is 3.78. The molecule has 0 amide bonds. The van der Waals surface area contributed by atoms with Crippen LogP contribution in [0.15, 0.2) is 0 Å². The molecule has 1 aliphatic rings. The van der Waals surface area contributed by atoms with Crippen molar-refractivity contribution < 1.29 is 19.0 Å². The van der Waals surface area contributed by atoms with Gasteiger partial charge in [0.15, 0.2) is 0 Å². The van der Waals surface area contributed by atoms with E-state index >= 15 is 0 Å². The Morgan fingerprint density at radius 3 is 2.55 bits per heavy atom. The normalized spacial score (nSPS) is 20.6. The van der Waals surface area contributed by atoms with E-state index in [-0.39, 0.29) is 18.6 Å². The maximum Gasteiger partial charge on any atom is 0.327 e. The molecule has 5 nitrogen and oxygen atoms in total. The first-order valence-corrected chi connectivity index (χ1v) is 9.27. The Hall–Kier alpha value is -0.510. The lowest BCUT2D eigenvalue weighted by Crippen LogP contribution is -2.45. The minimum atomic E-state index is -0.884. The van der Waals surface area contributed by atoms with E-state index in [2.05, 4.69) is 6.92 Å². The van der Waals surface area contributed by atoms with Gasteiger partial charge >= 0.3 is 14.7 Å². The zero-order valence-corrected chi connectivity index (χ0v) is 14.5. The summed E-state index contributed by atoms with van der Waals surface area (Å²) in [5.74, 6) is -1.29. The maximum absolute atomic E-state index is 11.7. The molecule has 22 heavy (non-hydrogen) atoms. The molecule has 0 bridgehead atoms. The molecule has 1 aliphatic carbocycles. The molecule has 0 spiro atoms. The van der Waals surface area contributed by atoms with Crippen LogP contribution in [0.1, 0.15) is 64.7 Å². The van der Waals surface area contributed by atoms with Crippen molar-refractivity contribution in [2.45, 2.75) is 70.8 Å². The molecule has 1 rings (SSSR count). The van der Waals surface area contributed by atoms with Gasteiger partial charge in [0.2, 0.25) is 0 Å². The highest BCUT2D eigenvalue weighted by Crippen LogP contribution is 2.37. The zero-order valence-electron chi connectivity index (χ0n) is 13.6. The third-order valence-corrected chi connectivity index (χ3v) is 5.17. The van der Waals surface area contributed by atoms with Crippen LogP contribution in [0.3, 0.4) is 0 Å². The molecule has 0 radical (unpaired) electrons. The molecule has 0 aromatic rings. The third-order valence-electron chi connectivity index (χ3n) is 4.92. The third kappa shape index (κ3) is 6.31. The maximum atomic E-state index is 11.7. The van der Waals surface area contributed by atoms with E-state index in [1.165, 1.54) is 6.42 Å². The van der Waals surface area contributed by atoms with Gasteiger partial charge in [-0.1, -0.05) is 58.3 Å². The lowest BCUT2D eigenvalue weighted by molar-refractivity contribution is -0.146. The molecule has 3 atom stereocenters. The number of hydrogen-bond acceptors (Lipinski definition) is 4. The Morgan fingerprint density at radius 1 is 1.32 bits per heavy atom. The van der Waals surface area contributed by atoms with Gasteiger partial charge in [-0.3, -0.25) is 9.32 Å². The summed E-state index contributed by atoms with van der Waals surface area (Å²) >= 11 is 0. The zero-order chi connectivity index (χ0) is 16.4. The quantitative estimate of drug-likeness (QED) is 0.441. The second kappa shape index (κ2) is 11.1. The Labute approximate surface area is 135 Å². The fraction of sp³-hybridized carbons (Fsp3) is 0.938. The highest BCUT2D eigenvalue weighted by Gasteiger charge is 2.38.